The van der Waals surface area contributed by atoms with Crippen LogP contribution in [0.2, 0.25) is 0 Å². The van der Waals surface area contributed by atoms with E-state index in [1.807, 2.05) is 50.4 Å². The molecule has 31 heavy (non-hydrogen) atoms. The van der Waals surface area contributed by atoms with E-state index in [1.165, 1.54) is 0 Å². The van der Waals surface area contributed by atoms with Crippen LogP contribution in [0.3, 0.4) is 0 Å². The molecule has 2 aromatic carbocycles. The molecule has 4 aromatic rings. The van der Waals surface area contributed by atoms with Crippen molar-refractivity contribution in [1.82, 2.24) is 10.1 Å². The Kier molecular flexibility index (Phi) is 5.77. The van der Waals surface area contributed by atoms with Gasteiger partial charge >= 0.3 is 0 Å². The third-order valence-corrected chi connectivity index (χ3v) is 7.62. The molecule has 0 atom stereocenters. The van der Waals surface area contributed by atoms with Gasteiger partial charge in [-0.1, -0.05) is 11.2 Å². The highest BCUT2D eigenvalue weighted by atomic mass is 32.2. The minimum absolute atomic E-state index is 0.204. The van der Waals surface area contributed by atoms with Gasteiger partial charge in [-0.15, -0.1) is 11.8 Å². The van der Waals surface area contributed by atoms with Crippen molar-refractivity contribution in [2.24, 2.45) is 0 Å². The zero-order valence-electron chi connectivity index (χ0n) is 17.7. The topological polar surface area (TPSA) is 86.2 Å². The number of nitrogens with zero attached hydrogens (tertiary/aromatic N) is 2. The summed E-state index contributed by atoms with van der Waals surface area (Å²) in [7, 11) is -3.56. The molecule has 0 aliphatic heterocycles. The predicted molar refractivity (Wildman–Crippen MR) is 121 cm³/mol. The molecule has 4 rings (SSSR count). The summed E-state index contributed by atoms with van der Waals surface area (Å²) in [6.07, 6.45) is 2.01. The van der Waals surface area contributed by atoms with Crippen LogP contribution in [0.5, 0.6) is 0 Å². The summed E-state index contributed by atoms with van der Waals surface area (Å²) in [6, 6.07) is 14.7. The standard InChI is InChI=1S/C23H22N2O4S2/c1-14-11-16(3)21(12-15(14)2)31(26,27)13-18-7-10-20(28-18)23-24-22(25-29-23)17-5-8-19(30-4)9-6-17/h5-12H,13H2,1-4H3. The van der Waals surface area contributed by atoms with E-state index in [0.717, 1.165) is 27.1 Å². The lowest BCUT2D eigenvalue weighted by Gasteiger charge is -2.10. The molecule has 0 N–H and O–H groups in total. The number of benzene rings is 2. The van der Waals surface area contributed by atoms with E-state index in [-0.39, 0.29) is 11.6 Å². The fourth-order valence-corrected chi connectivity index (χ4v) is 5.28. The molecule has 8 heteroatoms. The predicted octanol–water partition coefficient (Wildman–Crippen LogP) is 5.62. The molecule has 2 heterocycles. The molecule has 0 saturated carbocycles. The van der Waals surface area contributed by atoms with Gasteiger partial charge in [0.05, 0.1) is 4.90 Å². The normalized spacial score (nSPS) is 11.7. The van der Waals surface area contributed by atoms with E-state index in [9.17, 15) is 8.42 Å². The Bertz CT molecular complexity index is 1340. The molecule has 0 aliphatic carbocycles. The summed E-state index contributed by atoms with van der Waals surface area (Å²) in [4.78, 5) is 5.85. The van der Waals surface area contributed by atoms with Gasteiger partial charge in [0.25, 0.3) is 5.89 Å². The van der Waals surface area contributed by atoms with Gasteiger partial charge in [-0.05, 0) is 86.2 Å². The van der Waals surface area contributed by atoms with Crippen molar-refractivity contribution in [3.8, 4) is 23.0 Å². The SMILES string of the molecule is CSc1ccc(-c2noc(-c3ccc(CS(=O)(=O)c4cc(C)c(C)cc4C)o3)n2)cc1. The largest absolute Gasteiger partial charge is 0.455 e. The van der Waals surface area contributed by atoms with Gasteiger partial charge in [-0.25, -0.2) is 8.42 Å². The van der Waals surface area contributed by atoms with Crippen LogP contribution in [0.25, 0.3) is 23.0 Å². The number of hydrogen-bond acceptors (Lipinski definition) is 7. The second kappa shape index (κ2) is 8.36. The van der Waals surface area contributed by atoms with Crippen molar-refractivity contribution in [2.75, 3.05) is 6.26 Å². The molecule has 0 spiro atoms. The van der Waals surface area contributed by atoms with Gasteiger partial charge in [0.2, 0.25) is 5.82 Å². The first-order chi connectivity index (χ1) is 14.8. The first-order valence-corrected chi connectivity index (χ1v) is 12.5. The van der Waals surface area contributed by atoms with E-state index >= 15 is 0 Å². The average molecular weight is 455 g/mol. The van der Waals surface area contributed by atoms with Crippen LogP contribution in [0.15, 0.2) is 67.3 Å². The Morgan fingerprint density at radius 1 is 0.935 bits per heavy atom. The number of furan rings is 1. The van der Waals surface area contributed by atoms with Crippen LogP contribution in [0.1, 0.15) is 22.5 Å². The summed E-state index contributed by atoms with van der Waals surface area (Å²) in [5.74, 6) is 1.06. The average Bonchev–Trinajstić information content (AvgIpc) is 3.40. The first-order valence-electron chi connectivity index (χ1n) is 9.64. The molecule has 0 fully saturated rings. The third-order valence-electron chi connectivity index (χ3n) is 5.11. The molecule has 2 aromatic heterocycles. The zero-order valence-corrected chi connectivity index (χ0v) is 19.3. The van der Waals surface area contributed by atoms with Gasteiger partial charge in [-0.2, -0.15) is 4.98 Å². The van der Waals surface area contributed by atoms with Gasteiger partial charge in [0.1, 0.15) is 11.5 Å². The number of rotatable bonds is 6. The van der Waals surface area contributed by atoms with Gasteiger partial charge in [0, 0.05) is 10.5 Å². The number of thioether (sulfide) groups is 1. The Balaban J connectivity index is 1.56. The van der Waals surface area contributed by atoms with E-state index in [0.29, 0.717) is 22.2 Å². The minimum Gasteiger partial charge on any atom is -0.455 e. The number of aromatic nitrogens is 2. The molecular weight excluding hydrogens is 432 g/mol. The van der Waals surface area contributed by atoms with Crippen molar-refractivity contribution >= 4 is 21.6 Å². The molecule has 6 nitrogen and oxygen atoms in total. The maximum atomic E-state index is 13.0. The van der Waals surface area contributed by atoms with Crippen LogP contribution >= 0.6 is 11.8 Å². The lowest BCUT2D eigenvalue weighted by atomic mass is 10.1. The molecule has 0 bridgehead atoms. The van der Waals surface area contributed by atoms with E-state index in [4.69, 9.17) is 8.94 Å². The van der Waals surface area contributed by atoms with E-state index < -0.39 is 9.84 Å². The lowest BCUT2D eigenvalue weighted by molar-refractivity contribution is 0.413. The maximum absolute atomic E-state index is 13.0. The van der Waals surface area contributed by atoms with Crippen molar-refractivity contribution in [3.63, 3.8) is 0 Å². The highest BCUT2D eigenvalue weighted by Crippen LogP contribution is 2.28. The third kappa shape index (κ3) is 4.45. The Labute approximate surface area is 185 Å². The zero-order chi connectivity index (χ0) is 22.2. The summed E-state index contributed by atoms with van der Waals surface area (Å²) in [5.41, 5.74) is 3.55. The molecular formula is C23H22N2O4S2. The lowest BCUT2D eigenvalue weighted by Crippen LogP contribution is -2.07. The number of aryl methyl sites for hydroxylation is 3. The highest BCUT2D eigenvalue weighted by molar-refractivity contribution is 7.98. The van der Waals surface area contributed by atoms with Crippen LogP contribution in [0.4, 0.5) is 0 Å². The molecule has 0 amide bonds. The molecule has 0 radical (unpaired) electrons. The van der Waals surface area contributed by atoms with Gasteiger partial charge in [-0.3, -0.25) is 0 Å². The van der Waals surface area contributed by atoms with Crippen molar-refractivity contribution in [2.45, 2.75) is 36.3 Å². The minimum atomic E-state index is -3.56. The highest BCUT2D eigenvalue weighted by Gasteiger charge is 2.22. The van der Waals surface area contributed by atoms with E-state index in [2.05, 4.69) is 10.1 Å². The Hall–Kier alpha value is -2.84. The summed E-state index contributed by atoms with van der Waals surface area (Å²) in [6.45, 7) is 5.67. The molecule has 0 saturated heterocycles. The Morgan fingerprint density at radius 2 is 1.65 bits per heavy atom. The fourth-order valence-electron chi connectivity index (χ4n) is 3.29. The maximum Gasteiger partial charge on any atom is 0.293 e. The summed E-state index contributed by atoms with van der Waals surface area (Å²) >= 11 is 1.65. The molecule has 160 valence electrons. The summed E-state index contributed by atoms with van der Waals surface area (Å²) < 4.78 is 37.0. The van der Waals surface area contributed by atoms with Crippen molar-refractivity contribution in [3.05, 3.63) is 71.0 Å². The van der Waals surface area contributed by atoms with E-state index in [1.54, 1.807) is 36.9 Å². The van der Waals surface area contributed by atoms with Crippen LogP contribution < -0.4 is 0 Å². The quantitative estimate of drug-likeness (QED) is 0.350. The first kappa shape index (κ1) is 21.4. The van der Waals surface area contributed by atoms with Crippen molar-refractivity contribution in [1.29, 1.82) is 0 Å². The molecule has 0 unspecified atom stereocenters. The van der Waals surface area contributed by atoms with Crippen LogP contribution in [-0.4, -0.2) is 24.8 Å². The second-order valence-corrected chi connectivity index (χ2v) is 10.2. The monoisotopic (exact) mass is 454 g/mol. The number of sulfone groups is 1. The number of hydrogen-bond donors (Lipinski definition) is 0. The fraction of sp³-hybridized carbons (Fsp3) is 0.217. The van der Waals surface area contributed by atoms with Crippen LogP contribution in [0, 0.1) is 20.8 Å². The van der Waals surface area contributed by atoms with Gasteiger partial charge in [0.15, 0.2) is 15.6 Å². The summed E-state index contributed by atoms with van der Waals surface area (Å²) in [5, 5.41) is 4.01. The molecule has 0 aliphatic rings. The van der Waals surface area contributed by atoms with Gasteiger partial charge < -0.3 is 8.94 Å². The second-order valence-electron chi connectivity index (χ2n) is 7.38. The smallest absolute Gasteiger partial charge is 0.293 e. The van der Waals surface area contributed by atoms with Crippen LogP contribution in [-0.2, 0) is 15.6 Å². The Morgan fingerprint density at radius 3 is 2.35 bits per heavy atom. The van der Waals surface area contributed by atoms with Crippen molar-refractivity contribution < 1.29 is 17.4 Å².